The minimum atomic E-state index is 0.764. The summed E-state index contributed by atoms with van der Waals surface area (Å²) in [6.45, 7) is 0. The highest BCUT2D eigenvalue weighted by molar-refractivity contribution is 5.90. The van der Waals surface area contributed by atoms with E-state index < -0.39 is 0 Å². The molecule has 2 heterocycles. The Morgan fingerprint density at radius 1 is 0.684 bits per heavy atom. The number of pyridine rings is 2. The van der Waals surface area contributed by atoms with Gasteiger partial charge in [-0.3, -0.25) is 9.97 Å². The number of nitrogens with zero attached hydrogens (tertiary/aromatic N) is 2. The van der Waals surface area contributed by atoms with Gasteiger partial charge < -0.3 is 5.73 Å². The van der Waals surface area contributed by atoms with E-state index in [2.05, 4.69) is 16.0 Å². The molecule has 19 heavy (non-hydrogen) atoms. The molecule has 1 aromatic carbocycles. The molecular formula is C16H13N3. The maximum atomic E-state index is 6.15. The Morgan fingerprint density at radius 3 is 1.89 bits per heavy atom. The van der Waals surface area contributed by atoms with Gasteiger partial charge in [-0.2, -0.15) is 0 Å². The highest BCUT2D eigenvalue weighted by atomic mass is 14.6. The van der Waals surface area contributed by atoms with Crippen LogP contribution in [0.25, 0.3) is 22.3 Å². The zero-order valence-corrected chi connectivity index (χ0v) is 10.3. The molecule has 0 saturated carbocycles. The van der Waals surface area contributed by atoms with Crippen molar-refractivity contribution in [1.29, 1.82) is 0 Å². The maximum absolute atomic E-state index is 6.15. The SMILES string of the molecule is Nc1cccc(-c2ccncc2)c1-c1ccncc1. The van der Waals surface area contributed by atoms with Gasteiger partial charge in [-0.05, 0) is 47.0 Å². The van der Waals surface area contributed by atoms with Crippen LogP contribution in [0, 0.1) is 0 Å². The van der Waals surface area contributed by atoms with Crippen LogP contribution in [0.15, 0.2) is 67.3 Å². The lowest BCUT2D eigenvalue weighted by atomic mass is 9.94. The molecule has 92 valence electrons. The van der Waals surface area contributed by atoms with Crippen molar-refractivity contribution in [3.8, 4) is 22.3 Å². The van der Waals surface area contributed by atoms with Crippen LogP contribution in [0.1, 0.15) is 0 Å². The van der Waals surface area contributed by atoms with Crippen molar-refractivity contribution in [3.63, 3.8) is 0 Å². The molecule has 0 aliphatic heterocycles. The Morgan fingerprint density at radius 2 is 1.26 bits per heavy atom. The van der Waals surface area contributed by atoms with Crippen LogP contribution in [0.5, 0.6) is 0 Å². The first-order valence-electron chi connectivity index (χ1n) is 6.05. The number of hydrogen-bond donors (Lipinski definition) is 1. The van der Waals surface area contributed by atoms with Gasteiger partial charge in [-0.25, -0.2) is 0 Å². The molecule has 3 rings (SSSR count). The standard InChI is InChI=1S/C16H13N3/c17-15-3-1-2-14(12-4-8-18-9-5-12)16(15)13-6-10-19-11-7-13/h1-11H,17H2. The maximum Gasteiger partial charge on any atom is 0.0400 e. The van der Waals surface area contributed by atoms with Gasteiger partial charge in [0, 0.05) is 36.0 Å². The number of rotatable bonds is 2. The minimum absolute atomic E-state index is 0.764. The summed E-state index contributed by atoms with van der Waals surface area (Å²) in [4.78, 5) is 8.11. The third-order valence-electron chi connectivity index (χ3n) is 3.06. The molecule has 0 fully saturated rings. The third kappa shape index (κ3) is 2.18. The highest BCUT2D eigenvalue weighted by Crippen LogP contribution is 2.35. The summed E-state index contributed by atoms with van der Waals surface area (Å²) in [5.41, 5.74) is 11.2. The largest absolute Gasteiger partial charge is 0.398 e. The van der Waals surface area contributed by atoms with Crippen LogP contribution in [0.4, 0.5) is 5.69 Å². The lowest BCUT2D eigenvalue weighted by molar-refractivity contribution is 1.32. The van der Waals surface area contributed by atoms with Crippen LogP contribution in [0.3, 0.4) is 0 Å². The van der Waals surface area contributed by atoms with Crippen molar-refractivity contribution in [2.75, 3.05) is 5.73 Å². The number of aromatic nitrogens is 2. The summed E-state index contributed by atoms with van der Waals surface area (Å²) in [6, 6.07) is 13.9. The Kier molecular flexibility index (Phi) is 2.94. The third-order valence-corrected chi connectivity index (χ3v) is 3.06. The molecule has 0 atom stereocenters. The van der Waals surface area contributed by atoms with Crippen LogP contribution >= 0.6 is 0 Å². The molecule has 0 unspecified atom stereocenters. The van der Waals surface area contributed by atoms with Gasteiger partial charge in [0.05, 0.1) is 0 Å². The van der Waals surface area contributed by atoms with Crippen molar-refractivity contribution in [2.24, 2.45) is 0 Å². The second kappa shape index (κ2) is 4.90. The minimum Gasteiger partial charge on any atom is -0.398 e. The van der Waals surface area contributed by atoms with Crippen LogP contribution in [-0.4, -0.2) is 9.97 Å². The summed E-state index contributed by atoms with van der Waals surface area (Å²) in [6.07, 6.45) is 7.12. The number of anilines is 1. The van der Waals surface area contributed by atoms with E-state index >= 15 is 0 Å². The van der Waals surface area contributed by atoms with Crippen molar-refractivity contribution < 1.29 is 0 Å². The molecule has 2 N–H and O–H groups in total. The van der Waals surface area contributed by atoms with E-state index in [1.807, 2.05) is 36.4 Å². The fourth-order valence-electron chi connectivity index (χ4n) is 2.18. The average molecular weight is 247 g/mol. The molecule has 0 spiro atoms. The number of nitrogens with two attached hydrogens (primary N) is 1. The Balaban J connectivity index is 2.25. The summed E-state index contributed by atoms with van der Waals surface area (Å²) in [5.74, 6) is 0. The molecular weight excluding hydrogens is 234 g/mol. The van der Waals surface area contributed by atoms with Gasteiger partial charge in [0.2, 0.25) is 0 Å². The molecule has 3 aromatic rings. The molecule has 0 saturated heterocycles. The van der Waals surface area contributed by atoms with Crippen molar-refractivity contribution in [1.82, 2.24) is 9.97 Å². The van der Waals surface area contributed by atoms with E-state index in [9.17, 15) is 0 Å². The number of nitrogen functional groups attached to an aromatic ring is 1. The zero-order chi connectivity index (χ0) is 13.1. The van der Waals surface area contributed by atoms with E-state index in [1.54, 1.807) is 24.8 Å². The van der Waals surface area contributed by atoms with E-state index in [4.69, 9.17) is 5.73 Å². The van der Waals surface area contributed by atoms with E-state index in [0.29, 0.717) is 0 Å². The summed E-state index contributed by atoms with van der Waals surface area (Å²) < 4.78 is 0. The van der Waals surface area contributed by atoms with Gasteiger partial charge in [0.15, 0.2) is 0 Å². The van der Waals surface area contributed by atoms with Crippen molar-refractivity contribution in [2.45, 2.75) is 0 Å². The van der Waals surface area contributed by atoms with Gasteiger partial charge in [-0.1, -0.05) is 12.1 Å². The van der Waals surface area contributed by atoms with Gasteiger partial charge in [0.1, 0.15) is 0 Å². The smallest absolute Gasteiger partial charge is 0.0400 e. The lowest BCUT2D eigenvalue weighted by Gasteiger charge is -2.12. The first-order valence-corrected chi connectivity index (χ1v) is 6.05. The summed E-state index contributed by atoms with van der Waals surface area (Å²) in [5, 5.41) is 0. The lowest BCUT2D eigenvalue weighted by Crippen LogP contribution is -1.93. The molecule has 2 aromatic heterocycles. The predicted octanol–water partition coefficient (Wildman–Crippen LogP) is 3.39. The van der Waals surface area contributed by atoms with Crippen LogP contribution in [0.2, 0.25) is 0 Å². The van der Waals surface area contributed by atoms with Crippen LogP contribution < -0.4 is 5.73 Å². The van der Waals surface area contributed by atoms with E-state index in [1.165, 1.54) is 0 Å². The monoisotopic (exact) mass is 247 g/mol. The van der Waals surface area contributed by atoms with Gasteiger partial charge >= 0.3 is 0 Å². The molecule has 3 heteroatoms. The Hall–Kier alpha value is -2.68. The molecule has 0 aliphatic carbocycles. The molecule has 0 amide bonds. The van der Waals surface area contributed by atoms with Crippen molar-refractivity contribution in [3.05, 3.63) is 67.3 Å². The van der Waals surface area contributed by atoms with E-state index in [0.717, 1.165) is 27.9 Å². The quantitative estimate of drug-likeness (QED) is 0.706. The van der Waals surface area contributed by atoms with Crippen molar-refractivity contribution >= 4 is 5.69 Å². The second-order valence-electron chi connectivity index (χ2n) is 4.24. The van der Waals surface area contributed by atoms with E-state index in [-0.39, 0.29) is 0 Å². The van der Waals surface area contributed by atoms with Gasteiger partial charge in [0.25, 0.3) is 0 Å². The predicted molar refractivity (Wildman–Crippen MR) is 77.3 cm³/mol. The number of hydrogen-bond acceptors (Lipinski definition) is 3. The Labute approximate surface area is 111 Å². The fourth-order valence-corrected chi connectivity index (χ4v) is 2.18. The average Bonchev–Trinajstić information content (AvgIpc) is 2.49. The summed E-state index contributed by atoms with van der Waals surface area (Å²) in [7, 11) is 0. The highest BCUT2D eigenvalue weighted by Gasteiger charge is 2.10. The molecule has 0 aliphatic rings. The Bertz CT molecular complexity index is 679. The zero-order valence-electron chi connectivity index (χ0n) is 10.3. The number of benzene rings is 1. The fraction of sp³-hybridized carbons (Fsp3) is 0. The normalized spacial score (nSPS) is 10.3. The van der Waals surface area contributed by atoms with Gasteiger partial charge in [-0.15, -0.1) is 0 Å². The molecule has 0 radical (unpaired) electrons. The topological polar surface area (TPSA) is 51.8 Å². The first kappa shape index (κ1) is 11.4. The molecule has 3 nitrogen and oxygen atoms in total. The first-order chi connectivity index (χ1) is 9.36. The summed E-state index contributed by atoms with van der Waals surface area (Å²) >= 11 is 0. The molecule has 0 bridgehead atoms. The van der Waals surface area contributed by atoms with Crippen LogP contribution in [-0.2, 0) is 0 Å². The second-order valence-corrected chi connectivity index (χ2v) is 4.24.